The smallest absolute Gasteiger partial charge is 0.0693 e. The van der Waals surface area contributed by atoms with Crippen molar-refractivity contribution in [3.8, 4) is 11.8 Å². The lowest BCUT2D eigenvalue weighted by molar-refractivity contribution is 0.0351. The first-order valence-corrected chi connectivity index (χ1v) is 6.20. The van der Waals surface area contributed by atoms with Gasteiger partial charge in [-0.3, -0.25) is 4.90 Å². The molecule has 1 aliphatic rings. The minimum absolute atomic E-state index is 0.192. The number of rotatable bonds is 1. The van der Waals surface area contributed by atoms with Crippen LogP contribution < -0.4 is 0 Å². The molecule has 0 bridgehead atoms. The molecule has 2 heteroatoms. The largest absolute Gasteiger partial charge is 0.392 e. The minimum atomic E-state index is -0.192. The number of benzene rings is 1. The molecule has 1 aromatic carbocycles. The van der Waals surface area contributed by atoms with Crippen molar-refractivity contribution in [3.63, 3.8) is 0 Å². The maximum atomic E-state index is 9.77. The van der Waals surface area contributed by atoms with Gasteiger partial charge in [-0.25, -0.2) is 0 Å². The van der Waals surface area contributed by atoms with Crippen LogP contribution in [0.5, 0.6) is 0 Å². The van der Waals surface area contributed by atoms with Crippen LogP contribution in [0.15, 0.2) is 30.3 Å². The van der Waals surface area contributed by atoms with Gasteiger partial charge in [0.05, 0.1) is 12.6 Å². The second-order valence-corrected chi connectivity index (χ2v) is 4.74. The molecule has 1 aromatic rings. The molecule has 90 valence electrons. The topological polar surface area (TPSA) is 23.5 Å². The Hall–Kier alpha value is -1.30. The van der Waals surface area contributed by atoms with Crippen molar-refractivity contribution in [2.24, 2.45) is 5.92 Å². The number of hydrogen-bond donors (Lipinski definition) is 1. The third-order valence-corrected chi connectivity index (χ3v) is 3.31. The van der Waals surface area contributed by atoms with Gasteiger partial charge in [-0.2, -0.15) is 0 Å². The predicted octanol–water partition coefficient (Wildman–Crippen LogP) is 1.74. The summed E-state index contributed by atoms with van der Waals surface area (Å²) in [4.78, 5) is 2.22. The summed E-state index contributed by atoms with van der Waals surface area (Å²) in [7, 11) is 0. The zero-order chi connectivity index (χ0) is 12.1. The molecule has 17 heavy (non-hydrogen) atoms. The Labute approximate surface area is 103 Å². The molecule has 0 aliphatic carbocycles. The first-order chi connectivity index (χ1) is 8.25. The van der Waals surface area contributed by atoms with E-state index in [1.54, 1.807) is 0 Å². The van der Waals surface area contributed by atoms with Crippen LogP contribution >= 0.6 is 0 Å². The summed E-state index contributed by atoms with van der Waals surface area (Å²) in [6.07, 6.45) is 0.871. The fourth-order valence-electron chi connectivity index (χ4n) is 2.03. The lowest BCUT2D eigenvalue weighted by atomic mass is 9.96. The Kier molecular flexibility index (Phi) is 4.19. The predicted molar refractivity (Wildman–Crippen MR) is 69.5 cm³/mol. The zero-order valence-electron chi connectivity index (χ0n) is 10.3. The first-order valence-electron chi connectivity index (χ1n) is 6.20. The van der Waals surface area contributed by atoms with Crippen LogP contribution in [0.1, 0.15) is 18.9 Å². The maximum Gasteiger partial charge on any atom is 0.0693 e. The Morgan fingerprint density at radius 2 is 2.12 bits per heavy atom. The van der Waals surface area contributed by atoms with Crippen molar-refractivity contribution in [3.05, 3.63) is 35.9 Å². The molecule has 1 aliphatic heterocycles. The Bertz CT molecular complexity index is 404. The van der Waals surface area contributed by atoms with Gasteiger partial charge in [0.25, 0.3) is 0 Å². The lowest BCUT2D eigenvalue weighted by Crippen LogP contribution is -2.42. The van der Waals surface area contributed by atoms with Gasteiger partial charge in [0.1, 0.15) is 0 Å². The standard InChI is InChI=1S/C15H19NO/c1-13-9-11-16(12-15(13)17)10-5-8-14-6-3-2-4-7-14/h2-4,6-7,13,15,17H,9-12H2,1H3. The third-order valence-electron chi connectivity index (χ3n) is 3.31. The van der Waals surface area contributed by atoms with Gasteiger partial charge in [-0.05, 0) is 31.0 Å². The van der Waals surface area contributed by atoms with E-state index in [0.29, 0.717) is 5.92 Å². The minimum Gasteiger partial charge on any atom is -0.392 e. The van der Waals surface area contributed by atoms with Crippen LogP contribution in [0, 0.1) is 17.8 Å². The number of likely N-dealkylation sites (tertiary alicyclic amines) is 1. The molecule has 2 nitrogen and oxygen atoms in total. The van der Waals surface area contributed by atoms with Crippen molar-refractivity contribution >= 4 is 0 Å². The summed E-state index contributed by atoms with van der Waals surface area (Å²) < 4.78 is 0. The lowest BCUT2D eigenvalue weighted by Gasteiger charge is -2.32. The quantitative estimate of drug-likeness (QED) is 0.742. The molecule has 1 saturated heterocycles. The van der Waals surface area contributed by atoms with Gasteiger partial charge in [-0.15, -0.1) is 0 Å². The molecule has 2 atom stereocenters. The SMILES string of the molecule is CC1CCN(CC#Cc2ccccc2)CC1O. The van der Waals surface area contributed by atoms with E-state index >= 15 is 0 Å². The van der Waals surface area contributed by atoms with Crippen LogP contribution in [-0.2, 0) is 0 Å². The van der Waals surface area contributed by atoms with Gasteiger partial charge in [0, 0.05) is 12.1 Å². The molecular weight excluding hydrogens is 210 g/mol. The Morgan fingerprint density at radius 1 is 1.35 bits per heavy atom. The van der Waals surface area contributed by atoms with Crippen molar-refractivity contribution in [1.29, 1.82) is 0 Å². The molecule has 0 saturated carbocycles. The molecule has 0 spiro atoms. The summed E-state index contributed by atoms with van der Waals surface area (Å²) in [6.45, 7) is 4.66. The van der Waals surface area contributed by atoms with E-state index in [0.717, 1.165) is 31.6 Å². The highest BCUT2D eigenvalue weighted by atomic mass is 16.3. The molecule has 0 radical (unpaired) electrons. The monoisotopic (exact) mass is 229 g/mol. The third kappa shape index (κ3) is 3.59. The fraction of sp³-hybridized carbons (Fsp3) is 0.467. The van der Waals surface area contributed by atoms with Crippen molar-refractivity contribution in [1.82, 2.24) is 4.90 Å². The molecule has 1 N–H and O–H groups in total. The average molecular weight is 229 g/mol. The highest BCUT2D eigenvalue weighted by Gasteiger charge is 2.23. The maximum absolute atomic E-state index is 9.77. The van der Waals surface area contributed by atoms with E-state index in [9.17, 15) is 5.11 Å². The van der Waals surface area contributed by atoms with Crippen LogP contribution in [0.3, 0.4) is 0 Å². The summed E-state index contributed by atoms with van der Waals surface area (Å²) in [6, 6.07) is 10.0. The Balaban J connectivity index is 1.85. The fourth-order valence-corrected chi connectivity index (χ4v) is 2.03. The van der Waals surface area contributed by atoms with Gasteiger partial charge in [0.15, 0.2) is 0 Å². The van der Waals surface area contributed by atoms with E-state index in [1.807, 2.05) is 30.3 Å². The number of nitrogens with zero attached hydrogens (tertiary/aromatic N) is 1. The molecule has 2 rings (SSSR count). The highest BCUT2D eigenvalue weighted by Crippen LogP contribution is 2.16. The van der Waals surface area contributed by atoms with E-state index in [2.05, 4.69) is 23.7 Å². The number of β-amino-alcohol motifs (C(OH)–C–C–N with tert-alkyl or cyclic N) is 1. The van der Waals surface area contributed by atoms with E-state index < -0.39 is 0 Å². The summed E-state index contributed by atoms with van der Waals surface area (Å²) in [5, 5.41) is 9.77. The second-order valence-electron chi connectivity index (χ2n) is 4.74. The van der Waals surface area contributed by atoms with Crippen molar-refractivity contribution in [2.45, 2.75) is 19.4 Å². The second kappa shape index (κ2) is 5.86. The summed E-state index contributed by atoms with van der Waals surface area (Å²) in [5.41, 5.74) is 1.05. The first kappa shape index (κ1) is 12.2. The van der Waals surface area contributed by atoms with Crippen LogP contribution in [-0.4, -0.2) is 35.7 Å². The van der Waals surface area contributed by atoms with Gasteiger partial charge in [0.2, 0.25) is 0 Å². The highest BCUT2D eigenvalue weighted by molar-refractivity contribution is 5.33. The van der Waals surface area contributed by atoms with Gasteiger partial charge >= 0.3 is 0 Å². The number of aliphatic hydroxyl groups is 1. The van der Waals surface area contributed by atoms with Crippen LogP contribution in [0.25, 0.3) is 0 Å². The zero-order valence-corrected chi connectivity index (χ0v) is 10.3. The average Bonchev–Trinajstić information content (AvgIpc) is 2.35. The number of piperidine rings is 1. The summed E-state index contributed by atoms with van der Waals surface area (Å²) >= 11 is 0. The van der Waals surface area contributed by atoms with Crippen LogP contribution in [0.2, 0.25) is 0 Å². The molecule has 2 unspecified atom stereocenters. The number of aliphatic hydroxyl groups excluding tert-OH is 1. The molecule has 1 heterocycles. The van der Waals surface area contributed by atoms with E-state index in [1.165, 1.54) is 0 Å². The van der Waals surface area contributed by atoms with E-state index in [-0.39, 0.29) is 6.10 Å². The van der Waals surface area contributed by atoms with Gasteiger partial charge < -0.3 is 5.11 Å². The number of hydrogen-bond acceptors (Lipinski definition) is 2. The molecule has 0 aromatic heterocycles. The van der Waals surface area contributed by atoms with Gasteiger partial charge in [-0.1, -0.05) is 37.0 Å². The van der Waals surface area contributed by atoms with Crippen molar-refractivity contribution in [2.75, 3.05) is 19.6 Å². The molecule has 1 fully saturated rings. The Morgan fingerprint density at radius 3 is 2.82 bits per heavy atom. The van der Waals surface area contributed by atoms with Crippen molar-refractivity contribution < 1.29 is 5.11 Å². The van der Waals surface area contributed by atoms with Crippen LogP contribution in [0.4, 0.5) is 0 Å². The molecular formula is C15H19NO. The van der Waals surface area contributed by atoms with E-state index in [4.69, 9.17) is 0 Å². The molecule has 0 amide bonds. The normalized spacial score (nSPS) is 25.1. The summed E-state index contributed by atoms with van der Waals surface area (Å²) in [5.74, 6) is 6.74.